The Bertz CT molecular complexity index is 1780. The molecule has 1 amide bonds. The van der Waals surface area contributed by atoms with E-state index >= 15 is 0 Å². The van der Waals surface area contributed by atoms with Crippen molar-refractivity contribution in [1.82, 2.24) is 4.98 Å². The number of ether oxygens (including phenoxy) is 2. The molecule has 0 bridgehead atoms. The number of benzene rings is 3. The molecule has 2 aromatic heterocycles. The van der Waals surface area contributed by atoms with Gasteiger partial charge in [0.15, 0.2) is 5.76 Å². The largest absolute Gasteiger partial charge is 0.456 e. The summed E-state index contributed by atoms with van der Waals surface area (Å²) < 4.78 is 56.8. The average molecular weight is 587 g/mol. The van der Waals surface area contributed by atoms with E-state index in [-0.39, 0.29) is 22.5 Å². The minimum absolute atomic E-state index is 0.134. The van der Waals surface area contributed by atoms with E-state index in [4.69, 9.17) is 13.9 Å². The molecule has 1 fully saturated rings. The quantitative estimate of drug-likeness (QED) is 0.183. The van der Waals surface area contributed by atoms with Crippen molar-refractivity contribution < 1.29 is 36.7 Å². The van der Waals surface area contributed by atoms with Crippen molar-refractivity contribution in [1.29, 1.82) is 0 Å². The van der Waals surface area contributed by atoms with Gasteiger partial charge in [-0.2, -0.15) is 13.2 Å². The third kappa shape index (κ3) is 5.68. The molecule has 0 aliphatic heterocycles. The van der Waals surface area contributed by atoms with Crippen LogP contribution in [0.3, 0.4) is 0 Å². The predicted octanol–water partition coefficient (Wildman–Crippen LogP) is 8.65. The van der Waals surface area contributed by atoms with Crippen LogP contribution in [0, 0.1) is 0 Å². The number of hydrogen-bond acceptors (Lipinski definition) is 6. The van der Waals surface area contributed by atoms with Gasteiger partial charge in [-0.3, -0.25) is 10.1 Å². The molecule has 3 aromatic carbocycles. The highest BCUT2D eigenvalue weighted by molar-refractivity contribution is 6.04. The van der Waals surface area contributed by atoms with E-state index in [1.165, 1.54) is 6.07 Å². The number of amides is 1. The second kappa shape index (κ2) is 10.9. The summed E-state index contributed by atoms with van der Waals surface area (Å²) in [4.78, 5) is 27.5. The van der Waals surface area contributed by atoms with Crippen LogP contribution in [-0.4, -0.2) is 17.5 Å². The summed E-state index contributed by atoms with van der Waals surface area (Å²) in [5.41, 5.74) is 2.22. The highest BCUT2D eigenvalue weighted by Gasteiger charge is 2.47. The van der Waals surface area contributed by atoms with Gasteiger partial charge in [0.05, 0.1) is 5.39 Å². The molecule has 1 aliphatic rings. The van der Waals surface area contributed by atoms with Crippen LogP contribution in [0.4, 0.5) is 23.7 Å². The summed E-state index contributed by atoms with van der Waals surface area (Å²) in [6.45, 7) is 2.19. The third-order valence-electron chi connectivity index (χ3n) is 7.49. The van der Waals surface area contributed by atoms with E-state index in [2.05, 4.69) is 10.3 Å². The summed E-state index contributed by atoms with van der Waals surface area (Å²) in [7, 11) is 0. The van der Waals surface area contributed by atoms with Crippen molar-refractivity contribution in [2.24, 2.45) is 0 Å². The van der Waals surface area contributed by atoms with Crippen LogP contribution < -0.4 is 5.32 Å². The SMILES string of the molecule is C[C@@H](OC(=O)Nc1c(-c2ccc(-c3ccc(C4(OC=O)CC4)cc3)cc2)oc2nc(C(F)(F)F)ccc12)c1ccccc1. The van der Waals surface area contributed by atoms with Crippen molar-refractivity contribution >= 4 is 29.4 Å². The Hall–Kier alpha value is -5.12. The maximum atomic E-state index is 13.4. The molecule has 5 aromatic rings. The molecule has 7 nitrogen and oxygen atoms in total. The standard InChI is InChI=1S/C33H25F3N2O5/c1-20(21-5-3-2-4-6-21)42-31(40)38-28-26-15-16-27(33(34,35)36)37-30(26)43-29(28)24-9-7-22(8-10-24)23-11-13-25(14-12-23)32(17-18-32)41-19-39/h2-16,19-20H,17-18H2,1H3,(H,38,40)/t20-/m1/s1. The second-order valence-electron chi connectivity index (χ2n) is 10.3. The van der Waals surface area contributed by atoms with E-state index in [0.717, 1.165) is 41.2 Å². The average Bonchev–Trinajstić information content (AvgIpc) is 3.71. The second-order valence-corrected chi connectivity index (χ2v) is 10.3. The van der Waals surface area contributed by atoms with E-state index < -0.39 is 29.7 Å². The maximum Gasteiger partial charge on any atom is 0.433 e. The van der Waals surface area contributed by atoms with Gasteiger partial charge in [-0.05, 0) is 54.2 Å². The van der Waals surface area contributed by atoms with Gasteiger partial charge in [0, 0.05) is 5.56 Å². The number of hydrogen-bond donors (Lipinski definition) is 1. The maximum absolute atomic E-state index is 13.4. The van der Waals surface area contributed by atoms with Crippen LogP contribution in [0.15, 0.2) is 95.4 Å². The molecule has 0 saturated heterocycles. The molecule has 0 radical (unpaired) electrons. The van der Waals surface area contributed by atoms with Gasteiger partial charge in [-0.15, -0.1) is 0 Å². The first-order valence-electron chi connectivity index (χ1n) is 13.5. The lowest BCUT2D eigenvalue weighted by molar-refractivity contribution is -0.141. The Balaban J connectivity index is 1.30. The number of fused-ring (bicyclic) bond motifs is 1. The molecule has 1 N–H and O–H groups in total. The molecule has 218 valence electrons. The number of aromatic nitrogens is 1. The molecule has 6 rings (SSSR count). The van der Waals surface area contributed by atoms with E-state index in [9.17, 15) is 22.8 Å². The number of nitrogens with one attached hydrogen (secondary N) is 1. The molecule has 1 saturated carbocycles. The Morgan fingerprint density at radius 2 is 1.56 bits per heavy atom. The molecular formula is C33H25F3N2O5. The first kappa shape index (κ1) is 28.0. The van der Waals surface area contributed by atoms with E-state index in [0.29, 0.717) is 12.0 Å². The fourth-order valence-corrected chi connectivity index (χ4v) is 5.01. The van der Waals surface area contributed by atoms with Gasteiger partial charge in [-0.1, -0.05) is 78.9 Å². The summed E-state index contributed by atoms with van der Waals surface area (Å²) in [5.74, 6) is 0.134. The number of pyridine rings is 1. The zero-order valence-electron chi connectivity index (χ0n) is 22.9. The Morgan fingerprint density at radius 3 is 2.16 bits per heavy atom. The number of halogens is 3. The molecule has 1 atom stereocenters. The molecule has 10 heteroatoms. The zero-order valence-corrected chi connectivity index (χ0v) is 22.9. The van der Waals surface area contributed by atoms with Crippen molar-refractivity contribution in [3.8, 4) is 22.5 Å². The number of nitrogens with zero attached hydrogens (tertiary/aromatic N) is 1. The summed E-state index contributed by atoms with van der Waals surface area (Å²) in [6.07, 6.45) is -4.49. The van der Waals surface area contributed by atoms with Crippen LogP contribution in [0.1, 0.15) is 42.7 Å². The number of carbonyl (C=O) groups is 2. The van der Waals surface area contributed by atoms with Crippen molar-refractivity contribution in [2.45, 2.75) is 37.6 Å². The topological polar surface area (TPSA) is 90.7 Å². The monoisotopic (exact) mass is 586 g/mol. The summed E-state index contributed by atoms with van der Waals surface area (Å²) in [5, 5.41) is 2.85. The third-order valence-corrected chi connectivity index (χ3v) is 7.49. The van der Waals surface area contributed by atoms with Crippen LogP contribution in [-0.2, 0) is 26.0 Å². The first-order chi connectivity index (χ1) is 20.7. The Kier molecular flexibility index (Phi) is 7.13. The van der Waals surface area contributed by atoms with Gasteiger partial charge in [0.25, 0.3) is 6.47 Å². The van der Waals surface area contributed by atoms with Crippen molar-refractivity contribution in [2.75, 3.05) is 5.32 Å². The van der Waals surface area contributed by atoms with Crippen LogP contribution in [0.25, 0.3) is 33.6 Å². The lowest BCUT2D eigenvalue weighted by atomic mass is 9.99. The fourth-order valence-electron chi connectivity index (χ4n) is 5.01. The molecule has 0 unspecified atom stereocenters. The van der Waals surface area contributed by atoms with E-state index in [1.54, 1.807) is 19.1 Å². The number of furan rings is 1. The van der Waals surface area contributed by atoms with Crippen molar-refractivity contribution in [3.05, 3.63) is 108 Å². The summed E-state index contributed by atoms with van der Waals surface area (Å²) >= 11 is 0. The first-order valence-corrected chi connectivity index (χ1v) is 13.5. The molecule has 0 spiro atoms. The number of carbonyl (C=O) groups excluding carboxylic acids is 2. The van der Waals surface area contributed by atoms with Crippen LogP contribution >= 0.6 is 0 Å². The fraction of sp³-hybridized carbons (Fsp3) is 0.182. The Labute approximate surface area is 244 Å². The normalized spacial score (nSPS) is 14.6. The van der Waals surface area contributed by atoms with Gasteiger partial charge < -0.3 is 13.9 Å². The minimum atomic E-state index is -4.67. The highest BCUT2D eigenvalue weighted by atomic mass is 19.4. The predicted molar refractivity (Wildman–Crippen MR) is 153 cm³/mol. The van der Waals surface area contributed by atoms with Gasteiger partial charge in [-0.25, -0.2) is 9.78 Å². The number of alkyl halides is 3. The molecule has 43 heavy (non-hydrogen) atoms. The molecular weight excluding hydrogens is 561 g/mol. The number of rotatable bonds is 8. The van der Waals surface area contributed by atoms with Crippen LogP contribution in [0.5, 0.6) is 0 Å². The van der Waals surface area contributed by atoms with Gasteiger partial charge >= 0.3 is 12.3 Å². The van der Waals surface area contributed by atoms with E-state index in [1.807, 2.05) is 66.7 Å². The lowest BCUT2D eigenvalue weighted by Crippen LogP contribution is -2.16. The van der Waals surface area contributed by atoms with Gasteiger partial charge in [0.1, 0.15) is 23.1 Å². The molecule has 1 aliphatic carbocycles. The zero-order chi connectivity index (χ0) is 30.2. The summed E-state index contributed by atoms with van der Waals surface area (Å²) in [6, 6.07) is 26.0. The smallest absolute Gasteiger partial charge is 0.433 e. The highest BCUT2D eigenvalue weighted by Crippen LogP contribution is 2.49. The van der Waals surface area contributed by atoms with Crippen molar-refractivity contribution in [3.63, 3.8) is 0 Å². The minimum Gasteiger partial charge on any atom is -0.456 e. The van der Waals surface area contributed by atoms with Gasteiger partial charge in [0.2, 0.25) is 5.71 Å². The van der Waals surface area contributed by atoms with Crippen LogP contribution in [0.2, 0.25) is 0 Å². The Morgan fingerprint density at radius 1 is 0.930 bits per heavy atom. The number of anilines is 1. The molecule has 2 heterocycles. The lowest BCUT2D eigenvalue weighted by Gasteiger charge is -2.15.